The van der Waals surface area contributed by atoms with Gasteiger partial charge in [0.25, 0.3) is 0 Å². The average Bonchev–Trinajstić information content (AvgIpc) is 3.18. The van der Waals surface area contributed by atoms with Crippen molar-refractivity contribution in [1.82, 2.24) is 5.32 Å². The van der Waals surface area contributed by atoms with Gasteiger partial charge >= 0.3 is 13.8 Å². The van der Waals surface area contributed by atoms with Gasteiger partial charge in [-0.3, -0.25) is 18.6 Å². The number of unbranched alkanes of at least 4 members (excludes halogenated alkanes) is 12. The summed E-state index contributed by atoms with van der Waals surface area (Å²) in [5.41, 5.74) is 0. The van der Waals surface area contributed by atoms with E-state index in [1.165, 1.54) is 44.9 Å². The highest BCUT2D eigenvalue weighted by Crippen LogP contribution is 2.42. The molecule has 0 radical (unpaired) electrons. The van der Waals surface area contributed by atoms with E-state index in [1.807, 2.05) is 0 Å². The highest BCUT2D eigenvalue weighted by molar-refractivity contribution is 7.47. The van der Waals surface area contributed by atoms with Crippen molar-refractivity contribution >= 4 is 19.7 Å². The van der Waals surface area contributed by atoms with Gasteiger partial charge in [-0.1, -0.05) is 144 Å². The fraction of sp³-hybridized carbons (Fsp3) is 0.652. The molecule has 0 aromatic heterocycles. The Morgan fingerprint density at radius 2 is 1.02 bits per heavy atom. The summed E-state index contributed by atoms with van der Waals surface area (Å²) in [5.74, 6) is -0.576. The molecule has 0 fully saturated rings. The first-order chi connectivity index (χ1) is 27.3. The Hall–Kier alpha value is -2.81. The van der Waals surface area contributed by atoms with Gasteiger partial charge in [0, 0.05) is 19.4 Å². The van der Waals surface area contributed by atoms with Crippen molar-refractivity contribution in [3.05, 3.63) is 85.1 Å². The molecule has 56 heavy (non-hydrogen) atoms. The number of nitrogens with one attached hydrogen (secondary N) is 1. The van der Waals surface area contributed by atoms with Crippen LogP contribution in [0.2, 0.25) is 0 Å². The maximum atomic E-state index is 12.1. The van der Waals surface area contributed by atoms with Crippen molar-refractivity contribution in [2.45, 2.75) is 168 Å². The molecule has 0 spiro atoms. The molecule has 0 aliphatic heterocycles. The zero-order valence-electron chi connectivity index (χ0n) is 35.0. The van der Waals surface area contributed by atoms with Crippen LogP contribution in [0, 0.1) is 0 Å². The number of carbonyl (C=O) groups excluding carboxylic acids is 2. The number of esters is 1. The predicted molar refractivity (Wildman–Crippen MR) is 233 cm³/mol. The zero-order valence-corrected chi connectivity index (χ0v) is 35.9. The Labute approximate surface area is 341 Å². The molecule has 0 saturated heterocycles. The van der Waals surface area contributed by atoms with Crippen molar-refractivity contribution in [2.24, 2.45) is 0 Å². The molecule has 2 atom stereocenters. The molecule has 0 saturated carbocycles. The van der Waals surface area contributed by atoms with Crippen molar-refractivity contribution in [3.63, 3.8) is 0 Å². The lowest BCUT2D eigenvalue weighted by molar-refractivity contribution is -0.147. The SMILES string of the molecule is CC/C=C\C/C=C\C/C=C\C/C=C\C/C=C\C/C=C\CCCCC(=O)OCC(O)COP(=O)(O)OCCNC(=O)CCCCCCC/C=C\CCCCCCC. The minimum absolute atomic E-state index is 0.0674. The molecule has 0 bridgehead atoms. The summed E-state index contributed by atoms with van der Waals surface area (Å²) in [5, 5.41) is 12.7. The summed E-state index contributed by atoms with van der Waals surface area (Å²) in [6.45, 7) is 3.35. The normalized spacial score (nSPS) is 14.1. The van der Waals surface area contributed by atoms with Crippen molar-refractivity contribution in [2.75, 3.05) is 26.4 Å². The largest absolute Gasteiger partial charge is 0.472 e. The maximum absolute atomic E-state index is 12.1. The molecular weight excluding hydrogens is 725 g/mol. The Kier molecular flexibility index (Phi) is 39.7. The zero-order chi connectivity index (χ0) is 41.1. The quantitative estimate of drug-likeness (QED) is 0.0242. The Morgan fingerprint density at radius 3 is 1.57 bits per heavy atom. The maximum Gasteiger partial charge on any atom is 0.472 e. The Balaban J connectivity index is 3.72. The van der Waals surface area contributed by atoms with Crippen LogP contribution >= 0.6 is 7.82 Å². The molecule has 0 aromatic rings. The lowest BCUT2D eigenvalue weighted by Crippen LogP contribution is -2.27. The first kappa shape index (κ1) is 53.2. The van der Waals surface area contributed by atoms with E-state index in [0.29, 0.717) is 12.8 Å². The smallest absolute Gasteiger partial charge is 0.463 e. The number of rotatable bonds is 39. The van der Waals surface area contributed by atoms with E-state index in [4.69, 9.17) is 13.8 Å². The first-order valence-electron chi connectivity index (χ1n) is 21.6. The van der Waals surface area contributed by atoms with Crippen molar-refractivity contribution < 1.29 is 37.9 Å². The van der Waals surface area contributed by atoms with Gasteiger partial charge < -0.3 is 20.1 Å². The fourth-order valence-electron chi connectivity index (χ4n) is 5.32. The van der Waals surface area contributed by atoms with Crippen LogP contribution < -0.4 is 5.32 Å². The Morgan fingerprint density at radius 1 is 0.571 bits per heavy atom. The number of allylic oxidation sites excluding steroid dienone is 14. The number of hydrogen-bond acceptors (Lipinski definition) is 7. The van der Waals surface area contributed by atoms with Gasteiger partial charge in [-0.05, 0) is 89.9 Å². The summed E-state index contributed by atoms with van der Waals surface area (Å²) in [6.07, 6.45) is 52.3. The molecule has 0 aromatic carbocycles. The molecule has 10 heteroatoms. The first-order valence-corrected chi connectivity index (χ1v) is 23.1. The van der Waals surface area contributed by atoms with Crippen LogP contribution in [0.4, 0.5) is 0 Å². The summed E-state index contributed by atoms with van der Waals surface area (Å²) in [7, 11) is -4.43. The number of phosphoric ester groups is 1. The van der Waals surface area contributed by atoms with Gasteiger partial charge in [0.1, 0.15) is 12.7 Å². The fourth-order valence-corrected chi connectivity index (χ4v) is 6.07. The third-order valence-electron chi connectivity index (χ3n) is 8.56. The number of hydrogen-bond donors (Lipinski definition) is 3. The van der Waals surface area contributed by atoms with Crippen LogP contribution in [0.15, 0.2) is 85.1 Å². The molecule has 0 heterocycles. The van der Waals surface area contributed by atoms with E-state index in [0.717, 1.165) is 83.5 Å². The highest BCUT2D eigenvalue weighted by atomic mass is 31.2. The molecule has 0 rings (SSSR count). The lowest BCUT2D eigenvalue weighted by Gasteiger charge is -2.15. The van der Waals surface area contributed by atoms with Gasteiger partial charge in [0.05, 0.1) is 13.2 Å². The minimum Gasteiger partial charge on any atom is -0.463 e. The van der Waals surface area contributed by atoms with Crippen molar-refractivity contribution in [1.29, 1.82) is 0 Å². The summed E-state index contributed by atoms with van der Waals surface area (Å²) in [6, 6.07) is 0. The molecule has 9 nitrogen and oxygen atoms in total. The number of amides is 1. The average molecular weight is 804 g/mol. The second-order valence-electron chi connectivity index (χ2n) is 13.9. The van der Waals surface area contributed by atoms with Crippen LogP contribution in [0.5, 0.6) is 0 Å². The molecule has 1 amide bonds. The number of aliphatic hydroxyl groups excluding tert-OH is 1. The minimum atomic E-state index is -4.43. The van der Waals surface area contributed by atoms with Crippen LogP contribution in [-0.2, 0) is 27.9 Å². The molecule has 3 N–H and O–H groups in total. The van der Waals surface area contributed by atoms with Gasteiger partial charge in [-0.15, -0.1) is 0 Å². The van der Waals surface area contributed by atoms with Gasteiger partial charge in [-0.25, -0.2) is 4.57 Å². The third kappa shape index (κ3) is 42.3. The topological polar surface area (TPSA) is 131 Å². The summed E-state index contributed by atoms with van der Waals surface area (Å²) >= 11 is 0. The van der Waals surface area contributed by atoms with E-state index in [1.54, 1.807) is 0 Å². The predicted octanol–water partition coefficient (Wildman–Crippen LogP) is 12.0. The highest BCUT2D eigenvalue weighted by Gasteiger charge is 2.23. The molecule has 0 aliphatic carbocycles. The number of phosphoric acid groups is 1. The second kappa shape index (κ2) is 41.8. The second-order valence-corrected chi connectivity index (χ2v) is 15.4. The van der Waals surface area contributed by atoms with Gasteiger partial charge in [0.2, 0.25) is 5.91 Å². The molecule has 2 unspecified atom stereocenters. The molecule has 0 aliphatic rings. The van der Waals surface area contributed by atoms with Crippen LogP contribution in [0.3, 0.4) is 0 Å². The molecule has 320 valence electrons. The van der Waals surface area contributed by atoms with Gasteiger partial charge in [-0.2, -0.15) is 0 Å². The number of carbonyl (C=O) groups is 2. The number of ether oxygens (including phenoxy) is 1. The monoisotopic (exact) mass is 804 g/mol. The van der Waals surface area contributed by atoms with Crippen LogP contribution in [0.25, 0.3) is 0 Å². The van der Waals surface area contributed by atoms with Crippen LogP contribution in [0.1, 0.15) is 162 Å². The Bertz CT molecular complexity index is 1190. The van der Waals surface area contributed by atoms with E-state index in [-0.39, 0.29) is 32.1 Å². The lowest BCUT2D eigenvalue weighted by atomic mass is 10.1. The van der Waals surface area contributed by atoms with E-state index < -0.39 is 26.5 Å². The standard InChI is InChI=1S/C46H78NO8P/c1-3-5-7-9-11-13-15-17-19-20-21-22-23-24-25-27-29-31-33-35-37-39-46(50)53-42-44(48)43-55-56(51,52)54-41-40-47-45(49)38-36-34-32-30-28-26-18-16-14-12-10-8-6-4-2/h5,7,11,13,16-19,21-22,24-25,29,31,44,48H,3-4,6,8-10,12,14-15,20,23,26-28,30,32-43H2,1-2H3,(H,47,49)(H,51,52)/b7-5-,13-11-,18-16-,19-17-,22-21-,25-24-,31-29-. The summed E-state index contributed by atoms with van der Waals surface area (Å²) in [4.78, 5) is 33.9. The van der Waals surface area contributed by atoms with Crippen LogP contribution in [-0.4, -0.2) is 54.3 Å². The van der Waals surface area contributed by atoms with Gasteiger partial charge in [0.15, 0.2) is 0 Å². The van der Waals surface area contributed by atoms with E-state index in [2.05, 4.69) is 104 Å². The molecular formula is C46H78NO8P. The third-order valence-corrected chi connectivity index (χ3v) is 9.54. The van der Waals surface area contributed by atoms with Crippen molar-refractivity contribution in [3.8, 4) is 0 Å². The number of aliphatic hydroxyl groups is 1. The van der Waals surface area contributed by atoms with E-state index >= 15 is 0 Å². The van der Waals surface area contributed by atoms with E-state index in [9.17, 15) is 24.2 Å². The summed E-state index contributed by atoms with van der Waals surface area (Å²) < 4.78 is 26.8.